The Kier molecular flexibility index (Phi) is 4.53. The summed E-state index contributed by atoms with van der Waals surface area (Å²) in [5.41, 5.74) is 2.17. The number of benzene rings is 1. The number of rotatable bonds is 4. The molecule has 1 aliphatic heterocycles. The lowest BCUT2D eigenvalue weighted by Gasteiger charge is -2.29. The lowest BCUT2D eigenvalue weighted by Crippen LogP contribution is -2.43. The molecule has 0 aliphatic carbocycles. The van der Waals surface area contributed by atoms with Gasteiger partial charge in [0, 0.05) is 23.8 Å². The van der Waals surface area contributed by atoms with Gasteiger partial charge in [0.05, 0.1) is 11.2 Å². The molecule has 2 aromatic heterocycles. The molecular formula is C19H22N6O. The zero-order valence-electron chi connectivity index (χ0n) is 14.7. The average Bonchev–Trinajstić information content (AvgIpc) is 3.12. The minimum Gasteiger partial charge on any atom is -0.355 e. The Morgan fingerprint density at radius 3 is 2.92 bits per heavy atom. The number of hydrogen-bond acceptors (Lipinski definition) is 5. The number of carbonyl (C=O) groups is 1. The second kappa shape index (κ2) is 7.13. The number of piperidine rings is 1. The van der Waals surface area contributed by atoms with Crippen LogP contribution in [0.15, 0.2) is 42.7 Å². The lowest BCUT2D eigenvalue weighted by atomic mass is 10.1. The fraction of sp³-hybridized carbons (Fsp3) is 0.316. The van der Waals surface area contributed by atoms with Crippen LogP contribution in [0.25, 0.3) is 10.9 Å². The van der Waals surface area contributed by atoms with Crippen LogP contribution in [0.5, 0.6) is 0 Å². The minimum atomic E-state index is -0.0768. The average molecular weight is 350 g/mol. The van der Waals surface area contributed by atoms with Gasteiger partial charge in [-0.1, -0.05) is 18.2 Å². The number of anilines is 2. The monoisotopic (exact) mass is 350 g/mol. The fourth-order valence-electron chi connectivity index (χ4n) is 3.18. The molecule has 3 heterocycles. The summed E-state index contributed by atoms with van der Waals surface area (Å²) in [5.74, 6) is 0.428. The van der Waals surface area contributed by atoms with Crippen molar-refractivity contribution >= 4 is 28.4 Å². The Hall–Kier alpha value is -2.93. The largest absolute Gasteiger partial charge is 0.355 e. The van der Waals surface area contributed by atoms with E-state index in [0.717, 1.165) is 42.5 Å². The van der Waals surface area contributed by atoms with E-state index in [4.69, 9.17) is 0 Å². The number of carbonyl (C=O) groups excluding carboxylic acids is 1. The van der Waals surface area contributed by atoms with E-state index in [1.54, 1.807) is 18.5 Å². The number of fused-ring (bicyclic) bond motifs is 1. The summed E-state index contributed by atoms with van der Waals surface area (Å²) in [5, 5.41) is 7.23. The number of nitrogens with one attached hydrogen (secondary N) is 3. The third kappa shape index (κ3) is 3.67. The van der Waals surface area contributed by atoms with Crippen LogP contribution in [0.2, 0.25) is 0 Å². The van der Waals surface area contributed by atoms with Crippen molar-refractivity contribution in [3.63, 3.8) is 0 Å². The van der Waals surface area contributed by atoms with Crippen LogP contribution in [0, 0.1) is 0 Å². The molecule has 1 saturated heterocycles. The van der Waals surface area contributed by atoms with Crippen LogP contribution < -0.4 is 10.6 Å². The molecule has 0 bridgehead atoms. The summed E-state index contributed by atoms with van der Waals surface area (Å²) >= 11 is 0. The van der Waals surface area contributed by atoms with E-state index < -0.39 is 0 Å². The van der Waals surface area contributed by atoms with E-state index in [0.29, 0.717) is 11.6 Å². The molecule has 7 nitrogen and oxygen atoms in total. The number of amides is 1. The Labute approximate surface area is 151 Å². The van der Waals surface area contributed by atoms with Gasteiger partial charge in [0.15, 0.2) is 0 Å². The van der Waals surface area contributed by atoms with Crippen molar-refractivity contribution in [2.45, 2.75) is 18.9 Å². The van der Waals surface area contributed by atoms with Gasteiger partial charge < -0.3 is 20.5 Å². The first-order chi connectivity index (χ1) is 12.7. The topological polar surface area (TPSA) is 85.9 Å². The van der Waals surface area contributed by atoms with Crippen molar-refractivity contribution in [3.05, 3.63) is 48.4 Å². The van der Waals surface area contributed by atoms with Crippen LogP contribution in [0.4, 0.5) is 11.6 Å². The lowest BCUT2D eigenvalue weighted by molar-refractivity contribution is 0.0912. The predicted molar refractivity (Wildman–Crippen MR) is 102 cm³/mol. The highest BCUT2D eigenvalue weighted by molar-refractivity contribution is 5.94. The standard InChI is InChI=1S/C19H22N6O/c1-25-8-6-14(7-9-25)22-18(26)17-10-15(12-20-17)23-19-21-11-13-4-2-3-5-16(13)24-19/h2-5,10-12,14,20H,6-9H2,1H3,(H,22,26)(H,21,23,24). The molecule has 1 aromatic carbocycles. The van der Waals surface area contributed by atoms with Crippen molar-refractivity contribution in [1.82, 2.24) is 25.2 Å². The number of aromatic nitrogens is 3. The first-order valence-electron chi connectivity index (χ1n) is 8.84. The number of H-pyrrole nitrogens is 1. The van der Waals surface area contributed by atoms with Crippen LogP contribution in [0.3, 0.4) is 0 Å². The normalized spacial score (nSPS) is 15.9. The first-order valence-corrected chi connectivity index (χ1v) is 8.84. The highest BCUT2D eigenvalue weighted by Crippen LogP contribution is 2.17. The molecule has 0 unspecified atom stereocenters. The van der Waals surface area contributed by atoms with Gasteiger partial charge in [0.1, 0.15) is 5.69 Å². The van der Waals surface area contributed by atoms with Crippen LogP contribution in [0.1, 0.15) is 23.3 Å². The van der Waals surface area contributed by atoms with E-state index in [1.165, 1.54) is 0 Å². The van der Waals surface area contributed by atoms with Crippen molar-refractivity contribution in [2.24, 2.45) is 0 Å². The van der Waals surface area contributed by atoms with Gasteiger partial charge in [-0.05, 0) is 45.1 Å². The number of para-hydroxylation sites is 1. The van der Waals surface area contributed by atoms with Crippen molar-refractivity contribution in [2.75, 3.05) is 25.5 Å². The second-order valence-corrected chi connectivity index (χ2v) is 6.73. The Balaban J connectivity index is 1.41. The van der Waals surface area contributed by atoms with Gasteiger partial charge in [-0.2, -0.15) is 0 Å². The maximum Gasteiger partial charge on any atom is 0.267 e. The first kappa shape index (κ1) is 16.5. The highest BCUT2D eigenvalue weighted by atomic mass is 16.1. The molecule has 0 spiro atoms. The summed E-state index contributed by atoms with van der Waals surface area (Å²) in [6.07, 6.45) is 5.51. The third-order valence-corrected chi connectivity index (χ3v) is 4.73. The van der Waals surface area contributed by atoms with Crippen molar-refractivity contribution < 1.29 is 4.79 Å². The van der Waals surface area contributed by atoms with E-state index in [9.17, 15) is 4.79 Å². The zero-order chi connectivity index (χ0) is 17.9. The van der Waals surface area contributed by atoms with Gasteiger partial charge in [-0.25, -0.2) is 9.97 Å². The molecule has 0 atom stereocenters. The molecule has 7 heteroatoms. The van der Waals surface area contributed by atoms with Crippen LogP contribution >= 0.6 is 0 Å². The number of aromatic amines is 1. The Bertz CT molecular complexity index is 913. The highest BCUT2D eigenvalue weighted by Gasteiger charge is 2.19. The number of nitrogens with zero attached hydrogens (tertiary/aromatic N) is 3. The van der Waals surface area contributed by atoms with Gasteiger partial charge in [0.2, 0.25) is 5.95 Å². The summed E-state index contributed by atoms with van der Waals surface area (Å²) in [4.78, 5) is 26.5. The summed E-state index contributed by atoms with van der Waals surface area (Å²) in [7, 11) is 2.11. The zero-order valence-corrected chi connectivity index (χ0v) is 14.7. The molecular weight excluding hydrogens is 328 g/mol. The molecule has 3 N–H and O–H groups in total. The smallest absolute Gasteiger partial charge is 0.267 e. The molecule has 3 aromatic rings. The van der Waals surface area contributed by atoms with Crippen LogP contribution in [-0.2, 0) is 0 Å². The molecule has 26 heavy (non-hydrogen) atoms. The maximum atomic E-state index is 12.4. The third-order valence-electron chi connectivity index (χ3n) is 4.73. The van der Waals surface area contributed by atoms with Crippen molar-refractivity contribution in [3.8, 4) is 0 Å². The molecule has 0 saturated carbocycles. The molecule has 1 amide bonds. The van der Waals surface area contributed by atoms with E-state index >= 15 is 0 Å². The Morgan fingerprint density at radius 2 is 2.08 bits per heavy atom. The predicted octanol–water partition coefficient (Wildman–Crippen LogP) is 2.53. The van der Waals surface area contributed by atoms with Crippen LogP contribution in [-0.4, -0.2) is 51.9 Å². The number of likely N-dealkylation sites (tertiary alicyclic amines) is 1. The second-order valence-electron chi connectivity index (χ2n) is 6.73. The molecule has 0 radical (unpaired) electrons. The summed E-state index contributed by atoms with van der Waals surface area (Å²) < 4.78 is 0. The minimum absolute atomic E-state index is 0.0768. The summed E-state index contributed by atoms with van der Waals surface area (Å²) in [6, 6.07) is 9.84. The molecule has 134 valence electrons. The van der Waals surface area contributed by atoms with E-state index in [2.05, 4.69) is 37.5 Å². The molecule has 4 rings (SSSR count). The summed E-state index contributed by atoms with van der Waals surface area (Å²) in [6.45, 7) is 2.03. The van der Waals surface area contributed by atoms with E-state index in [-0.39, 0.29) is 11.9 Å². The van der Waals surface area contributed by atoms with Gasteiger partial charge >= 0.3 is 0 Å². The van der Waals surface area contributed by atoms with Gasteiger partial charge in [0.25, 0.3) is 5.91 Å². The Morgan fingerprint density at radius 1 is 1.27 bits per heavy atom. The van der Waals surface area contributed by atoms with Gasteiger partial charge in [-0.3, -0.25) is 4.79 Å². The maximum absolute atomic E-state index is 12.4. The fourth-order valence-corrected chi connectivity index (χ4v) is 3.18. The number of hydrogen-bond donors (Lipinski definition) is 3. The SMILES string of the molecule is CN1CCC(NC(=O)c2cc(Nc3ncc4ccccc4n3)c[nH]2)CC1. The van der Waals surface area contributed by atoms with E-state index in [1.807, 2.05) is 24.3 Å². The molecule has 1 aliphatic rings. The van der Waals surface area contributed by atoms with Gasteiger partial charge in [-0.15, -0.1) is 0 Å². The van der Waals surface area contributed by atoms with Crippen molar-refractivity contribution in [1.29, 1.82) is 0 Å². The molecule has 1 fully saturated rings. The quantitative estimate of drug-likeness (QED) is 0.673.